The second kappa shape index (κ2) is 7.23. The van der Waals surface area contributed by atoms with Crippen molar-refractivity contribution >= 4 is 15.5 Å². The number of nitrogens with zero attached hydrogens (tertiary/aromatic N) is 1. The van der Waals surface area contributed by atoms with Gasteiger partial charge in [-0.15, -0.1) is 0 Å². The fourth-order valence-corrected chi connectivity index (χ4v) is 2.34. The largest absolute Gasteiger partial charge is 0.493 e. The monoisotopic (exact) mass is 318 g/mol. The van der Waals surface area contributed by atoms with E-state index in [1.165, 1.54) is 19.2 Å². The molecular formula is C12H18N2O6S. The topological polar surface area (TPSA) is 122 Å². The zero-order valence-corrected chi connectivity index (χ0v) is 12.7. The molecule has 0 saturated carbocycles. The highest BCUT2D eigenvalue weighted by molar-refractivity contribution is 7.90. The summed E-state index contributed by atoms with van der Waals surface area (Å²) in [6.07, 6.45) is 1.42. The lowest BCUT2D eigenvalue weighted by molar-refractivity contribution is -0.385. The van der Waals surface area contributed by atoms with E-state index in [1.54, 1.807) is 0 Å². The average Bonchev–Trinajstić information content (AvgIpc) is 2.41. The van der Waals surface area contributed by atoms with Crippen molar-refractivity contribution in [2.75, 3.05) is 25.7 Å². The summed E-state index contributed by atoms with van der Waals surface area (Å²) in [5.41, 5.74) is 5.64. The highest BCUT2D eigenvalue weighted by Crippen LogP contribution is 2.34. The Labute approximate surface area is 122 Å². The van der Waals surface area contributed by atoms with Crippen molar-refractivity contribution in [3.63, 3.8) is 0 Å². The summed E-state index contributed by atoms with van der Waals surface area (Å²) < 4.78 is 32.5. The van der Waals surface area contributed by atoms with Crippen molar-refractivity contribution in [2.45, 2.75) is 13.0 Å². The molecule has 0 saturated heterocycles. The zero-order chi connectivity index (χ0) is 16.0. The maximum absolute atomic E-state index is 11.0. The Morgan fingerprint density at radius 3 is 2.48 bits per heavy atom. The van der Waals surface area contributed by atoms with E-state index in [2.05, 4.69) is 0 Å². The van der Waals surface area contributed by atoms with Crippen LogP contribution in [0, 0.1) is 10.1 Å². The molecular weight excluding hydrogens is 300 g/mol. The van der Waals surface area contributed by atoms with Crippen LogP contribution in [0.25, 0.3) is 0 Å². The summed E-state index contributed by atoms with van der Waals surface area (Å²) in [6.45, 7) is 0.115. The van der Waals surface area contributed by atoms with Gasteiger partial charge in [0.25, 0.3) is 5.69 Å². The van der Waals surface area contributed by atoms with Gasteiger partial charge in [0.05, 0.1) is 30.5 Å². The van der Waals surface area contributed by atoms with Crippen LogP contribution < -0.4 is 15.2 Å². The summed E-state index contributed by atoms with van der Waals surface area (Å²) in [5, 5.41) is 11.0. The molecule has 1 aromatic carbocycles. The molecule has 0 spiro atoms. The van der Waals surface area contributed by atoms with Crippen molar-refractivity contribution < 1.29 is 22.8 Å². The Morgan fingerprint density at radius 2 is 2.00 bits per heavy atom. The summed E-state index contributed by atoms with van der Waals surface area (Å²) in [7, 11) is -1.65. The lowest BCUT2D eigenvalue weighted by atomic mass is 10.1. The number of nitro groups is 1. The zero-order valence-electron chi connectivity index (χ0n) is 11.9. The molecule has 0 amide bonds. The molecule has 21 heavy (non-hydrogen) atoms. The third kappa shape index (κ3) is 5.20. The van der Waals surface area contributed by atoms with Gasteiger partial charge in [-0.1, -0.05) is 0 Å². The van der Waals surface area contributed by atoms with E-state index < -0.39 is 14.8 Å². The fraction of sp³-hybridized carbons (Fsp3) is 0.500. The summed E-state index contributed by atoms with van der Waals surface area (Å²) >= 11 is 0. The first-order valence-corrected chi connectivity index (χ1v) is 8.20. The van der Waals surface area contributed by atoms with Crippen molar-refractivity contribution in [2.24, 2.45) is 5.73 Å². The standard InChI is InChI=1S/C12H18N2O6S/c1-19-11-6-9(8-13)10(14(15)16)7-12(11)20-4-3-5-21(2,17)18/h6-7H,3-5,8,13H2,1-2H3. The van der Waals surface area contributed by atoms with Crippen LogP contribution in [0.2, 0.25) is 0 Å². The first kappa shape index (κ1) is 17.2. The number of rotatable bonds is 8. The van der Waals surface area contributed by atoms with Gasteiger partial charge in [0.1, 0.15) is 9.84 Å². The van der Waals surface area contributed by atoms with Crippen molar-refractivity contribution in [3.8, 4) is 11.5 Å². The average molecular weight is 318 g/mol. The van der Waals surface area contributed by atoms with E-state index in [-0.39, 0.29) is 36.8 Å². The van der Waals surface area contributed by atoms with Crippen LogP contribution in [0.15, 0.2) is 12.1 Å². The Kier molecular flexibility index (Phi) is 5.91. The van der Waals surface area contributed by atoms with Crippen LogP contribution >= 0.6 is 0 Å². The first-order chi connectivity index (χ1) is 9.78. The van der Waals surface area contributed by atoms with Crippen molar-refractivity contribution in [3.05, 3.63) is 27.8 Å². The molecule has 0 aliphatic heterocycles. The number of methoxy groups -OCH3 is 1. The second-order valence-corrected chi connectivity index (χ2v) is 6.68. The maximum Gasteiger partial charge on any atom is 0.277 e. The van der Waals surface area contributed by atoms with Gasteiger partial charge in [-0.2, -0.15) is 0 Å². The van der Waals surface area contributed by atoms with E-state index in [4.69, 9.17) is 15.2 Å². The Morgan fingerprint density at radius 1 is 1.33 bits per heavy atom. The predicted molar refractivity (Wildman–Crippen MR) is 77.4 cm³/mol. The number of nitro benzene ring substituents is 1. The predicted octanol–water partition coefficient (Wildman–Crippen LogP) is 0.876. The summed E-state index contributed by atoms with van der Waals surface area (Å²) in [4.78, 5) is 10.4. The van der Waals surface area contributed by atoms with Crippen LogP contribution in [-0.2, 0) is 16.4 Å². The highest BCUT2D eigenvalue weighted by Gasteiger charge is 2.18. The van der Waals surface area contributed by atoms with Crippen molar-refractivity contribution in [1.29, 1.82) is 0 Å². The lowest BCUT2D eigenvalue weighted by Crippen LogP contribution is -2.09. The molecule has 0 fully saturated rings. The SMILES string of the molecule is COc1cc(CN)c([N+](=O)[O-])cc1OCCCS(C)(=O)=O. The van der Waals surface area contributed by atoms with Gasteiger partial charge in [0.15, 0.2) is 11.5 Å². The number of nitrogens with two attached hydrogens (primary N) is 1. The van der Waals surface area contributed by atoms with Gasteiger partial charge >= 0.3 is 0 Å². The van der Waals surface area contributed by atoms with Crippen LogP contribution in [-0.4, -0.2) is 39.1 Å². The second-order valence-electron chi connectivity index (χ2n) is 4.42. The molecule has 0 bridgehead atoms. The number of benzene rings is 1. The molecule has 0 unspecified atom stereocenters. The normalized spacial score (nSPS) is 11.2. The Balaban J connectivity index is 2.90. The van der Waals surface area contributed by atoms with Gasteiger partial charge in [-0.25, -0.2) is 8.42 Å². The molecule has 8 nitrogen and oxygen atoms in total. The lowest BCUT2D eigenvalue weighted by Gasteiger charge is -2.12. The Hall–Kier alpha value is -1.87. The molecule has 118 valence electrons. The molecule has 0 radical (unpaired) electrons. The molecule has 0 aromatic heterocycles. The first-order valence-electron chi connectivity index (χ1n) is 6.14. The van der Waals surface area contributed by atoms with Gasteiger partial charge < -0.3 is 15.2 Å². The third-order valence-electron chi connectivity index (χ3n) is 2.70. The van der Waals surface area contributed by atoms with Gasteiger partial charge in [-0.05, 0) is 12.5 Å². The van der Waals surface area contributed by atoms with E-state index in [1.807, 2.05) is 0 Å². The van der Waals surface area contributed by atoms with Crippen LogP contribution in [0.5, 0.6) is 11.5 Å². The highest BCUT2D eigenvalue weighted by atomic mass is 32.2. The maximum atomic E-state index is 11.0. The third-order valence-corrected chi connectivity index (χ3v) is 3.73. The molecule has 0 aliphatic rings. The number of ether oxygens (including phenoxy) is 2. The minimum absolute atomic E-state index is 0.00102. The summed E-state index contributed by atoms with van der Waals surface area (Å²) in [5.74, 6) is 0.494. The molecule has 0 atom stereocenters. The van der Waals surface area contributed by atoms with Gasteiger partial charge in [0.2, 0.25) is 0 Å². The molecule has 0 aliphatic carbocycles. The number of sulfone groups is 1. The van der Waals surface area contributed by atoms with Crippen LogP contribution in [0.1, 0.15) is 12.0 Å². The molecule has 2 N–H and O–H groups in total. The van der Waals surface area contributed by atoms with E-state index >= 15 is 0 Å². The molecule has 0 heterocycles. The van der Waals surface area contributed by atoms with E-state index in [0.29, 0.717) is 11.3 Å². The van der Waals surface area contributed by atoms with Crippen LogP contribution in [0.3, 0.4) is 0 Å². The summed E-state index contributed by atoms with van der Waals surface area (Å²) in [6, 6.07) is 2.69. The molecule has 1 rings (SSSR count). The Bertz CT molecular complexity index is 614. The quantitative estimate of drug-likeness (QED) is 0.429. The van der Waals surface area contributed by atoms with Gasteiger partial charge in [0, 0.05) is 18.4 Å². The molecule has 9 heteroatoms. The fourth-order valence-electron chi connectivity index (χ4n) is 1.70. The van der Waals surface area contributed by atoms with E-state index in [0.717, 1.165) is 6.26 Å². The van der Waals surface area contributed by atoms with Crippen LogP contribution in [0.4, 0.5) is 5.69 Å². The number of hydrogen-bond acceptors (Lipinski definition) is 7. The minimum atomic E-state index is -3.06. The molecule has 1 aromatic rings. The van der Waals surface area contributed by atoms with Gasteiger partial charge in [-0.3, -0.25) is 10.1 Å². The smallest absolute Gasteiger partial charge is 0.277 e. The minimum Gasteiger partial charge on any atom is -0.493 e. The van der Waals surface area contributed by atoms with Crippen molar-refractivity contribution in [1.82, 2.24) is 0 Å². The van der Waals surface area contributed by atoms with E-state index in [9.17, 15) is 18.5 Å². The number of hydrogen-bond donors (Lipinski definition) is 1.